The van der Waals surface area contributed by atoms with Crippen LogP contribution in [0.15, 0.2) is 30.3 Å². The second-order valence-electron chi connectivity index (χ2n) is 5.33. The van der Waals surface area contributed by atoms with Gasteiger partial charge in [-0.05, 0) is 17.9 Å². The molecule has 0 radical (unpaired) electrons. The smallest absolute Gasteiger partial charge is 0.223 e. The molecule has 1 aromatic carbocycles. The van der Waals surface area contributed by atoms with Crippen LogP contribution in [0.3, 0.4) is 0 Å². The van der Waals surface area contributed by atoms with Crippen LogP contribution in [0, 0.1) is 5.92 Å². The van der Waals surface area contributed by atoms with Crippen molar-refractivity contribution < 1.29 is 9.53 Å². The van der Waals surface area contributed by atoms with Gasteiger partial charge in [0.1, 0.15) is 0 Å². The van der Waals surface area contributed by atoms with Gasteiger partial charge in [-0.2, -0.15) is 0 Å². The molecule has 1 aliphatic heterocycles. The van der Waals surface area contributed by atoms with E-state index >= 15 is 0 Å². The van der Waals surface area contributed by atoms with E-state index in [1.54, 1.807) is 0 Å². The summed E-state index contributed by atoms with van der Waals surface area (Å²) in [4.78, 5) is 12.1. The average molecular weight is 260 g/mol. The molecule has 1 saturated carbocycles. The van der Waals surface area contributed by atoms with Gasteiger partial charge in [0.2, 0.25) is 5.91 Å². The fourth-order valence-corrected chi connectivity index (χ4v) is 2.66. The Labute approximate surface area is 113 Å². The fourth-order valence-electron chi connectivity index (χ4n) is 2.66. The number of benzene rings is 1. The Kier molecular flexibility index (Phi) is 3.80. The molecule has 0 bridgehead atoms. The van der Waals surface area contributed by atoms with Crippen molar-refractivity contribution in [1.29, 1.82) is 0 Å². The van der Waals surface area contributed by atoms with E-state index < -0.39 is 0 Å². The van der Waals surface area contributed by atoms with Gasteiger partial charge in [-0.3, -0.25) is 4.79 Å². The lowest BCUT2D eigenvalue weighted by Crippen LogP contribution is -2.48. The summed E-state index contributed by atoms with van der Waals surface area (Å²) in [6.45, 7) is 2.99. The van der Waals surface area contributed by atoms with Crippen LogP contribution in [0.4, 0.5) is 0 Å². The highest BCUT2D eigenvalue weighted by Crippen LogP contribution is 2.47. The highest BCUT2D eigenvalue weighted by atomic mass is 16.5. The van der Waals surface area contributed by atoms with Gasteiger partial charge in [-0.15, -0.1) is 0 Å². The Morgan fingerprint density at radius 3 is 2.95 bits per heavy atom. The normalized spacial score (nSPS) is 29.8. The summed E-state index contributed by atoms with van der Waals surface area (Å²) in [6, 6.07) is 10.5. The zero-order valence-corrected chi connectivity index (χ0v) is 11.0. The molecule has 0 aromatic heterocycles. The lowest BCUT2D eigenvalue weighted by Gasteiger charge is -2.23. The molecular formula is C15H20N2O2. The third-order valence-corrected chi connectivity index (χ3v) is 3.88. The molecule has 2 N–H and O–H groups in total. The minimum atomic E-state index is 0.159. The molecule has 1 aliphatic carbocycles. The largest absolute Gasteiger partial charge is 0.378 e. The second kappa shape index (κ2) is 5.72. The minimum Gasteiger partial charge on any atom is -0.378 e. The number of amides is 1. The molecule has 2 fully saturated rings. The summed E-state index contributed by atoms with van der Waals surface area (Å²) < 4.78 is 5.37. The van der Waals surface area contributed by atoms with Crippen molar-refractivity contribution >= 4 is 5.91 Å². The monoisotopic (exact) mass is 260 g/mol. The molecule has 4 heteroatoms. The first-order chi connectivity index (χ1) is 9.34. The maximum absolute atomic E-state index is 12.1. The summed E-state index contributed by atoms with van der Waals surface area (Å²) in [5.74, 6) is 0.755. The van der Waals surface area contributed by atoms with Crippen LogP contribution < -0.4 is 10.6 Å². The minimum absolute atomic E-state index is 0.159. The number of carbonyl (C=O) groups excluding carboxylic acids is 1. The molecule has 3 rings (SSSR count). The van der Waals surface area contributed by atoms with Gasteiger partial charge in [-0.25, -0.2) is 0 Å². The second-order valence-corrected chi connectivity index (χ2v) is 5.33. The number of ether oxygens (including phenoxy) is 1. The standard InChI is InChI=1S/C15H20N2O2/c18-15(17-9-12-10-19-7-6-16-12)14-8-13(14)11-4-2-1-3-5-11/h1-5,12-14,16H,6-10H2,(H,17,18). The molecule has 3 atom stereocenters. The first-order valence-electron chi connectivity index (χ1n) is 6.98. The topological polar surface area (TPSA) is 50.4 Å². The lowest BCUT2D eigenvalue weighted by atomic mass is 10.1. The van der Waals surface area contributed by atoms with Crippen LogP contribution in [-0.4, -0.2) is 38.3 Å². The quantitative estimate of drug-likeness (QED) is 0.845. The summed E-state index contributed by atoms with van der Waals surface area (Å²) >= 11 is 0. The first-order valence-corrected chi connectivity index (χ1v) is 6.98. The Morgan fingerprint density at radius 1 is 1.37 bits per heavy atom. The van der Waals surface area contributed by atoms with Crippen molar-refractivity contribution in [2.45, 2.75) is 18.4 Å². The van der Waals surface area contributed by atoms with E-state index in [9.17, 15) is 4.79 Å². The van der Waals surface area contributed by atoms with Gasteiger partial charge in [0.15, 0.2) is 0 Å². The molecular weight excluding hydrogens is 240 g/mol. The van der Waals surface area contributed by atoms with E-state index in [4.69, 9.17) is 4.74 Å². The fraction of sp³-hybridized carbons (Fsp3) is 0.533. The van der Waals surface area contributed by atoms with Gasteiger partial charge >= 0.3 is 0 Å². The molecule has 2 aliphatic rings. The summed E-state index contributed by atoms with van der Waals surface area (Å²) in [6.07, 6.45) is 0.977. The van der Waals surface area contributed by atoms with Gasteiger partial charge in [0, 0.05) is 25.0 Å². The molecule has 102 valence electrons. The number of hydrogen-bond donors (Lipinski definition) is 2. The van der Waals surface area contributed by atoms with Gasteiger partial charge < -0.3 is 15.4 Å². The van der Waals surface area contributed by atoms with Crippen molar-refractivity contribution in [2.24, 2.45) is 5.92 Å². The maximum atomic E-state index is 12.1. The molecule has 0 spiro atoms. The third kappa shape index (κ3) is 3.14. The van der Waals surface area contributed by atoms with E-state index in [1.165, 1.54) is 5.56 Å². The molecule has 4 nitrogen and oxygen atoms in total. The van der Waals surface area contributed by atoms with E-state index in [0.717, 1.165) is 19.6 Å². The van der Waals surface area contributed by atoms with E-state index in [2.05, 4.69) is 22.8 Å². The summed E-state index contributed by atoms with van der Waals surface area (Å²) in [7, 11) is 0. The number of hydrogen-bond acceptors (Lipinski definition) is 3. The van der Waals surface area contributed by atoms with E-state index in [-0.39, 0.29) is 17.9 Å². The summed E-state index contributed by atoms with van der Waals surface area (Å²) in [5, 5.41) is 6.37. The summed E-state index contributed by atoms with van der Waals surface area (Å²) in [5.41, 5.74) is 1.28. The number of morpholine rings is 1. The number of carbonyl (C=O) groups is 1. The van der Waals surface area contributed by atoms with Crippen molar-refractivity contribution in [3.8, 4) is 0 Å². The molecule has 1 amide bonds. The maximum Gasteiger partial charge on any atom is 0.223 e. The molecule has 1 aromatic rings. The predicted molar refractivity (Wildman–Crippen MR) is 72.9 cm³/mol. The number of rotatable bonds is 4. The van der Waals surface area contributed by atoms with Crippen LogP contribution in [0.5, 0.6) is 0 Å². The van der Waals surface area contributed by atoms with Crippen molar-refractivity contribution in [1.82, 2.24) is 10.6 Å². The van der Waals surface area contributed by atoms with Crippen LogP contribution in [0.25, 0.3) is 0 Å². The van der Waals surface area contributed by atoms with Crippen LogP contribution in [-0.2, 0) is 9.53 Å². The zero-order valence-electron chi connectivity index (χ0n) is 11.0. The molecule has 1 saturated heterocycles. The molecule has 19 heavy (non-hydrogen) atoms. The van der Waals surface area contributed by atoms with Crippen LogP contribution in [0.1, 0.15) is 17.9 Å². The van der Waals surface area contributed by atoms with Gasteiger partial charge in [0.05, 0.1) is 13.2 Å². The van der Waals surface area contributed by atoms with Crippen molar-refractivity contribution in [2.75, 3.05) is 26.3 Å². The zero-order chi connectivity index (χ0) is 13.1. The van der Waals surface area contributed by atoms with E-state index in [0.29, 0.717) is 19.1 Å². The first kappa shape index (κ1) is 12.6. The van der Waals surface area contributed by atoms with Gasteiger partial charge in [0.25, 0.3) is 0 Å². The van der Waals surface area contributed by atoms with E-state index in [1.807, 2.05) is 18.2 Å². The van der Waals surface area contributed by atoms with Crippen molar-refractivity contribution in [3.05, 3.63) is 35.9 Å². The number of nitrogens with one attached hydrogen (secondary N) is 2. The highest BCUT2D eigenvalue weighted by molar-refractivity contribution is 5.82. The Balaban J connectivity index is 1.45. The average Bonchev–Trinajstić information content (AvgIpc) is 3.27. The molecule has 1 heterocycles. The highest BCUT2D eigenvalue weighted by Gasteiger charge is 2.43. The van der Waals surface area contributed by atoms with Crippen LogP contribution in [0.2, 0.25) is 0 Å². The third-order valence-electron chi connectivity index (χ3n) is 3.88. The Hall–Kier alpha value is -1.39. The van der Waals surface area contributed by atoms with Crippen LogP contribution >= 0.6 is 0 Å². The lowest BCUT2D eigenvalue weighted by molar-refractivity contribution is -0.122. The SMILES string of the molecule is O=C(NCC1COCCN1)C1CC1c1ccccc1. The molecule has 3 unspecified atom stereocenters. The Morgan fingerprint density at radius 2 is 2.21 bits per heavy atom. The predicted octanol–water partition coefficient (Wildman–Crippen LogP) is 0.895. The van der Waals surface area contributed by atoms with Crippen molar-refractivity contribution in [3.63, 3.8) is 0 Å². The Bertz CT molecular complexity index is 429. The van der Waals surface area contributed by atoms with Gasteiger partial charge in [-0.1, -0.05) is 30.3 Å².